The zero-order valence-electron chi connectivity index (χ0n) is 14.5. The van der Waals surface area contributed by atoms with E-state index in [4.69, 9.17) is 4.43 Å². The first-order valence-electron chi connectivity index (χ1n) is 8.16. The molecule has 22 heavy (non-hydrogen) atoms. The normalized spacial score (nSPS) is 12.6. The van der Waals surface area contributed by atoms with Gasteiger partial charge in [-0.25, -0.2) is 4.39 Å². The van der Waals surface area contributed by atoms with E-state index in [1.165, 1.54) is 6.07 Å². The molecule has 2 rings (SSSR count). The van der Waals surface area contributed by atoms with Crippen molar-refractivity contribution >= 4 is 19.1 Å². The average molecular weight is 319 g/mol. The Morgan fingerprint density at radius 2 is 1.45 bits per heavy atom. The third-order valence-electron chi connectivity index (χ3n) is 4.80. The van der Waals surface area contributed by atoms with Crippen LogP contribution in [0, 0.1) is 5.82 Å². The molecular weight excluding hydrogens is 291 g/mol. The second-order valence-corrected chi connectivity index (χ2v) is 12.4. The number of halogens is 1. The quantitative estimate of drug-likeness (QED) is 0.569. The monoisotopic (exact) mass is 318 g/mol. The molecule has 2 aromatic rings. The van der Waals surface area contributed by atoms with Gasteiger partial charge in [0.2, 0.25) is 0 Å². The van der Waals surface area contributed by atoms with Crippen LogP contribution in [0.1, 0.15) is 41.5 Å². The summed E-state index contributed by atoms with van der Waals surface area (Å²) in [5.74, 6) is 0.699. The van der Waals surface area contributed by atoms with E-state index >= 15 is 0 Å². The molecule has 0 aliphatic heterocycles. The lowest BCUT2D eigenvalue weighted by Gasteiger charge is -2.42. The van der Waals surface area contributed by atoms with Crippen molar-refractivity contribution in [1.82, 2.24) is 0 Å². The van der Waals surface area contributed by atoms with Crippen LogP contribution in [0.5, 0.6) is 5.75 Å². The Morgan fingerprint density at radius 1 is 0.864 bits per heavy atom. The minimum absolute atomic E-state index is 0.177. The smallest absolute Gasteiger partial charge is 0.258 e. The molecular formula is C19H27FOSi. The summed E-state index contributed by atoms with van der Waals surface area (Å²) in [5.41, 5.74) is 1.57. The zero-order valence-corrected chi connectivity index (χ0v) is 15.5. The van der Waals surface area contributed by atoms with Crippen LogP contribution in [0.2, 0.25) is 16.6 Å². The van der Waals surface area contributed by atoms with Crippen LogP contribution in [-0.4, -0.2) is 8.32 Å². The number of hydrogen-bond donors (Lipinski definition) is 0. The largest absolute Gasteiger partial charge is 0.543 e. The molecule has 0 radical (unpaired) electrons. The van der Waals surface area contributed by atoms with E-state index in [0.29, 0.717) is 22.0 Å². The van der Waals surface area contributed by atoms with Crippen molar-refractivity contribution in [3.05, 3.63) is 42.2 Å². The number of hydrogen-bond acceptors (Lipinski definition) is 1. The molecule has 0 saturated heterocycles. The maximum absolute atomic E-state index is 13.8. The van der Waals surface area contributed by atoms with Gasteiger partial charge in [-0.2, -0.15) is 0 Å². The van der Waals surface area contributed by atoms with Gasteiger partial charge in [-0.1, -0.05) is 53.7 Å². The minimum atomic E-state index is -1.96. The van der Waals surface area contributed by atoms with Crippen molar-refractivity contribution in [2.45, 2.75) is 58.2 Å². The lowest BCUT2D eigenvalue weighted by molar-refractivity contribution is 0.480. The molecule has 2 aromatic carbocycles. The Bertz CT molecular complexity index is 627. The van der Waals surface area contributed by atoms with Crippen LogP contribution in [-0.2, 0) is 0 Å². The summed E-state index contributed by atoms with van der Waals surface area (Å²) in [7, 11) is -1.96. The van der Waals surface area contributed by atoms with Crippen molar-refractivity contribution in [3.8, 4) is 5.75 Å². The fourth-order valence-corrected chi connectivity index (χ4v) is 9.09. The molecule has 1 nitrogen and oxygen atoms in total. The Labute approximate surface area is 134 Å². The Kier molecular flexibility index (Phi) is 4.96. The zero-order chi connectivity index (χ0) is 16.5. The topological polar surface area (TPSA) is 9.23 Å². The van der Waals surface area contributed by atoms with Crippen LogP contribution < -0.4 is 4.43 Å². The summed E-state index contributed by atoms with van der Waals surface area (Å²) in [6.45, 7) is 13.6. The van der Waals surface area contributed by atoms with Crippen LogP contribution in [0.4, 0.5) is 4.39 Å². The number of benzene rings is 2. The van der Waals surface area contributed by atoms with Crippen molar-refractivity contribution < 1.29 is 8.82 Å². The summed E-state index contributed by atoms with van der Waals surface area (Å²) < 4.78 is 20.5. The van der Waals surface area contributed by atoms with E-state index in [0.717, 1.165) is 11.1 Å². The van der Waals surface area contributed by atoms with Crippen LogP contribution in [0.3, 0.4) is 0 Å². The third kappa shape index (κ3) is 2.91. The maximum Gasteiger partial charge on any atom is 0.258 e. The van der Waals surface area contributed by atoms with Gasteiger partial charge in [0.25, 0.3) is 8.32 Å². The SMILES string of the molecule is CC(C)[Si](Oc1ccc2c(F)cccc2c1)(C(C)C)C(C)C. The van der Waals surface area contributed by atoms with Crippen LogP contribution in [0.15, 0.2) is 36.4 Å². The standard InChI is InChI=1S/C19H27FOSi/c1-13(2)22(14(3)4,15(5)6)21-17-10-11-18-16(12-17)8-7-9-19(18)20/h7-15H,1-6H3. The van der Waals surface area contributed by atoms with Gasteiger partial charge in [0.05, 0.1) is 0 Å². The van der Waals surface area contributed by atoms with E-state index in [9.17, 15) is 4.39 Å². The van der Waals surface area contributed by atoms with E-state index in [1.807, 2.05) is 24.3 Å². The van der Waals surface area contributed by atoms with Gasteiger partial charge in [-0.05, 0) is 46.3 Å². The first kappa shape index (κ1) is 17.0. The second kappa shape index (κ2) is 6.41. The summed E-state index contributed by atoms with van der Waals surface area (Å²) in [5, 5.41) is 1.55. The molecule has 0 saturated carbocycles. The van der Waals surface area contributed by atoms with Crippen molar-refractivity contribution in [3.63, 3.8) is 0 Å². The summed E-state index contributed by atoms with van der Waals surface area (Å²) in [4.78, 5) is 0. The summed E-state index contributed by atoms with van der Waals surface area (Å²) in [6.07, 6.45) is 0. The lowest BCUT2D eigenvalue weighted by Crippen LogP contribution is -2.50. The average Bonchev–Trinajstić information content (AvgIpc) is 2.43. The van der Waals surface area contributed by atoms with Gasteiger partial charge in [0.1, 0.15) is 11.6 Å². The molecule has 0 fully saturated rings. The molecule has 0 atom stereocenters. The lowest BCUT2D eigenvalue weighted by atomic mass is 10.1. The first-order chi connectivity index (χ1) is 10.3. The highest BCUT2D eigenvalue weighted by Crippen LogP contribution is 2.43. The molecule has 0 amide bonds. The molecule has 0 aromatic heterocycles. The first-order valence-corrected chi connectivity index (χ1v) is 10.3. The third-order valence-corrected chi connectivity index (χ3v) is 10.8. The molecule has 0 bridgehead atoms. The van der Waals surface area contributed by atoms with E-state index in [2.05, 4.69) is 41.5 Å². The molecule has 120 valence electrons. The Hall–Kier alpha value is -1.35. The predicted molar refractivity (Wildman–Crippen MR) is 95.6 cm³/mol. The molecule has 3 heteroatoms. The molecule has 0 N–H and O–H groups in total. The number of fused-ring (bicyclic) bond motifs is 1. The summed E-state index contributed by atoms with van der Waals surface area (Å²) >= 11 is 0. The molecule has 0 heterocycles. The predicted octanol–water partition coefficient (Wildman–Crippen LogP) is 6.53. The van der Waals surface area contributed by atoms with Gasteiger partial charge in [-0.3, -0.25) is 0 Å². The van der Waals surface area contributed by atoms with Crippen LogP contribution >= 0.6 is 0 Å². The summed E-state index contributed by atoms with van der Waals surface area (Å²) in [6, 6.07) is 10.9. The van der Waals surface area contributed by atoms with Gasteiger partial charge < -0.3 is 4.43 Å². The molecule has 0 aliphatic carbocycles. The second-order valence-electron chi connectivity index (χ2n) is 7.04. The van der Waals surface area contributed by atoms with Gasteiger partial charge in [0.15, 0.2) is 0 Å². The van der Waals surface area contributed by atoms with Crippen molar-refractivity contribution in [2.24, 2.45) is 0 Å². The highest BCUT2D eigenvalue weighted by molar-refractivity contribution is 6.78. The van der Waals surface area contributed by atoms with Gasteiger partial charge in [0, 0.05) is 5.39 Å². The van der Waals surface area contributed by atoms with Gasteiger partial charge in [-0.15, -0.1) is 0 Å². The van der Waals surface area contributed by atoms with Crippen LogP contribution in [0.25, 0.3) is 10.8 Å². The molecule has 0 spiro atoms. The van der Waals surface area contributed by atoms with E-state index in [1.54, 1.807) is 6.07 Å². The minimum Gasteiger partial charge on any atom is -0.543 e. The van der Waals surface area contributed by atoms with Gasteiger partial charge >= 0.3 is 0 Å². The van der Waals surface area contributed by atoms with E-state index < -0.39 is 8.32 Å². The highest BCUT2D eigenvalue weighted by atomic mass is 28.4. The maximum atomic E-state index is 13.8. The molecule has 0 unspecified atom stereocenters. The Morgan fingerprint density at radius 3 is 2.00 bits per heavy atom. The van der Waals surface area contributed by atoms with Crippen molar-refractivity contribution in [1.29, 1.82) is 0 Å². The van der Waals surface area contributed by atoms with E-state index in [-0.39, 0.29) is 5.82 Å². The fourth-order valence-electron chi connectivity index (χ4n) is 3.84. The molecule has 0 aliphatic rings. The Balaban J connectivity index is 2.47. The number of rotatable bonds is 5. The highest BCUT2D eigenvalue weighted by Gasteiger charge is 2.46. The van der Waals surface area contributed by atoms with Crippen molar-refractivity contribution in [2.75, 3.05) is 0 Å². The fraction of sp³-hybridized carbons (Fsp3) is 0.474.